The van der Waals surface area contributed by atoms with Crippen LogP contribution in [-0.4, -0.2) is 12.1 Å². The first kappa shape index (κ1) is 11.2. The fourth-order valence-corrected chi connectivity index (χ4v) is 1.37. The third kappa shape index (κ3) is 2.64. The van der Waals surface area contributed by atoms with Gasteiger partial charge in [0.25, 0.3) is 0 Å². The van der Waals surface area contributed by atoms with Gasteiger partial charge in [-0.2, -0.15) is 4.98 Å². The van der Waals surface area contributed by atoms with E-state index in [2.05, 4.69) is 10.4 Å². The molecule has 5 nitrogen and oxygen atoms in total. The van der Waals surface area contributed by atoms with Crippen molar-refractivity contribution < 1.29 is 9.47 Å². The lowest BCUT2D eigenvalue weighted by atomic mass is 10.3. The molecular weight excluding hydrogens is 218 g/mol. The molecule has 0 radical (unpaired) electrons. The minimum atomic E-state index is 0.449. The first-order valence-corrected chi connectivity index (χ1v) is 5.08. The van der Waals surface area contributed by atoms with Gasteiger partial charge in [0.2, 0.25) is 5.88 Å². The number of anilines is 1. The molecule has 1 aromatic carbocycles. The van der Waals surface area contributed by atoms with Crippen LogP contribution >= 0.6 is 0 Å². The summed E-state index contributed by atoms with van der Waals surface area (Å²) in [5, 5.41) is 0. The number of nitrogens with zero attached hydrogens (tertiary/aromatic N) is 1. The maximum atomic E-state index is 5.61. The monoisotopic (exact) mass is 231 g/mol. The summed E-state index contributed by atoms with van der Waals surface area (Å²) in [4.78, 5) is 4.15. The molecule has 1 aromatic heterocycles. The third-order valence-electron chi connectivity index (χ3n) is 2.16. The Morgan fingerprint density at radius 2 is 1.82 bits per heavy atom. The Balaban J connectivity index is 2.24. The summed E-state index contributed by atoms with van der Waals surface area (Å²) in [5.41, 5.74) is 2.46. The van der Waals surface area contributed by atoms with Crippen LogP contribution in [0.5, 0.6) is 17.4 Å². The number of pyridine rings is 1. The lowest BCUT2D eigenvalue weighted by Gasteiger charge is -2.09. The number of para-hydroxylation sites is 2. The number of hydrazine groups is 1. The number of hydrogen-bond acceptors (Lipinski definition) is 5. The van der Waals surface area contributed by atoms with Crippen molar-refractivity contribution in [2.75, 3.05) is 12.5 Å². The Morgan fingerprint density at radius 3 is 2.53 bits per heavy atom. The van der Waals surface area contributed by atoms with E-state index in [1.54, 1.807) is 25.3 Å². The van der Waals surface area contributed by atoms with Gasteiger partial charge in [-0.05, 0) is 18.2 Å². The van der Waals surface area contributed by atoms with Gasteiger partial charge < -0.3 is 14.9 Å². The van der Waals surface area contributed by atoms with Gasteiger partial charge in [0.1, 0.15) is 5.82 Å². The molecule has 1 heterocycles. The van der Waals surface area contributed by atoms with E-state index >= 15 is 0 Å². The van der Waals surface area contributed by atoms with Gasteiger partial charge in [0, 0.05) is 6.07 Å². The van der Waals surface area contributed by atoms with E-state index in [-0.39, 0.29) is 0 Å². The van der Waals surface area contributed by atoms with Crippen LogP contribution in [0.2, 0.25) is 0 Å². The molecule has 0 unspecified atom stereocenters. The van der Waals surface area contributed by atoms with E-state index in [0.717, 1.165) is 0 Å². The predicted octanol–water partition coefficient (Wildman–Crippen LogP) is 2.17. The van der Waals surface area contributed by atoms with Crippen molar-refractivity contribution in [3.8, 4) is 17.4 Å². The van der Waals surface area contributed by atoms with E-state index in [4.69, 9.17) is 15.3 Å². The minimum Gasteiger partial charge on any atom is -0.493 e. The Kier molecular flexibility index (Phi) is 3.42. The van der Waals surface area contributed by atoms with Gasteiger partial charge in [0.05, 0.1) is 7.11 Å². The fourth-order valence-electron chi connectivity index (χ4n) is 1.37. The van der Waals surface area contributed by atoms with Crippen molar-refractivity contribution in [2.24, 2.45) is 5.84 Å². The Morgan fingerprint density at radius 1 is 1.06 bits per heavy atom. The molecule has 0 aliphatic heterocycles. The Bertz CT molecular complexity index is 503. The van der Waals surface area contributed by atoms with Gasteiger partial charge in [0.15, 0.2) is 11.5 Å². The molecule has 0 bridgehead atoms. The van der Waals surface area contributed by atoms with Gasteiger partial charge in [-0.3, -0.25) is 0 Å². The predicted molar refractivity (Wildman–Crippen MR) is 65.1 cm³/mol. The average molecular weight is 231 g/mol. The fraction of sp³-hybridized carbons (Fsp3) is 0.0833. The van der Waals surface area contributed by atoms with Crippen LogP contribution in [-0.2, 0) is 0 Å². The highest BCUT2D eigenvalue weighted by molar-refractivity contribution is 5.43. The number of rotatable bonds is 4. The lowest BCUT2D eigenvalue weighted by molar-refractivity contribution is 0.374. The van der Waals surface area contributed by atoms with Crippen LogP contribution in [0.15, 0.2) is 42.5 Å². The molecule has 0 aliphatic carbocycles. The second kappa shape index (κ2) is 5.18. The number of nitrogens with one attached hydrogen (secondary N) is 1. The SMILES string of the molecule is COc1ccccc1Oc1cccc(NN)n1. The van der Waals surface area contributed by atoms with Crippen molar-refractivity contribution in [2.45, 2.75) is 0 Å². The number of nitrogen functional groups attached to an aromatic ring is 1. The highest BCUT2D eigenvalue weighted by Gasteiger charge is 2.05. The molecule has 0 aliphatic rings. The Hall–Kier alpha value is -2.27. The Labute approximate surface area is 99.2 Å². The summed E-state index contributed by atoms with van der Waals surface area (Å²) in [7, 11) is 1.59. The van der Waals surface area contributed by atoms with Crippen LogP contribution in [0.4, 0.5) is 5.82 Å². The van der Waals surface area contributed by atoms with E-state index in [9.17, 15) is 0 Å². The molecule has 5 heteroatoms. The van der Waals surface area contributed by atoms with Crippen LogP contribution in [0.3, 0.4) is 0 Å². The molecule has 0 saturated heterocycles. The summed E-state index contributed by atoms with van der Waals surface area (Å²) < 4.78 is 10.8. The lowest BCUT2D eigenvalue weighted by Crippen LogP contribution is -2.08. The molecule has 0 amide bonds. The van der Waals surface area contributed by atoms with Crippen molar-refractivity contribution >= 4 is 5.82 Å². The molecule has 0 atom stereocenters. The number of nitrogens with two attached hydrogens (primary N) is 1. The molecule has 0 spiro atoms. The van der Waals surface area contributed by atoms with E-state index in [1.807, 2.05) is 24.3 Å². The zero-order valence-corrected chi connectivity index (χ0v) is 9.38. The van der Waals surface area contributed by atoms with Crippen molar-refractivity contribution in [3.63, 3.8) is 0 Å². The summed E-state index contributed by atoms with van der Waals surface area (Å²) >= 11 is 0. The van der Waals surface area contributed by atoms with Crippen LogP contribution in [0.25, 0.3) is 0 Å². The standard InChI is InChI=1S/C12H13N3O2/c1-16-9-5-2-3-6-10(9)17-12-8-4-7-11(14-12)15-13/h2-8H,13H2,1H3,(H,14,15). The maximum absolute atomic E-state index is 5.61. The highest BCUT2D eigenvalue weighted by Crippen LogP contribution is 2.30. The zero-order chi connectivity index (χ0) is 12.1. The van der Waals surface area contributed by atoms with E-state index in [1.165, 1.54) is 0 Å². The number of methoxy groups -OCH3 is 1. The van der Waals surface area contributed by atoms with Gasteiger partial charge in [-0.15, -0.1) is 0 Å². The van der Waals surface area contributed by atoms with Gasteiger partial charge >= 0.3 is 0 Å². The normalized spacial score (nSPS) is 9.76. The molecular formula is C12H13N3O2. The van der Waals surface area contributed by atoms with Crippen molar-refractivity contribution in [1.82, 2.24) is 4.98 Å². The average Bonchev–Trinajstić information content (AvgIpc) is 2.39. The molecule has 88 valence electrons. The number of ether oxygens (including phenoxy) is 2. The summed E-state index contributed by atoms with van der Waals surface area (Å²) in [6.07, 6.45) is 0. The third-order valence-corrected chi connectivity index (χ3v) is 2.16. The topological polar surface area (TPSA) is 69.4 Å². The van der Waals surface area contributed by atoms with Crippen molar-refractivity contribution in [3.05, 3.63) is 42.5 Å². The van der Waals surface area contributed by atoms with Gasteiger partial charge in [-0.25, -0.2) is 5.84 Å². The zero-order valence-electron chi connectivity index (χ0n) is 9.38. The summed E-state index contributed by atoms with van der Waals surface area (Å²) in [5.74, 6) is 7.52. The molecule has 0 fully saturated rings. The second-order valence-electron chi connectivity index (χ2n) is 3.26. The van der Waals surface area contributed by atoms with E-state index < -0.39 is 0 Å². The smallest absolute Gasteiger partial charge is 0.221 e. The quantitative estimate of drug-likeness (QED) is 0.623. The molecule has 2 rings (SSSR count). The molecule has 3 N–H and O–H groups in total. The first-order valence-electron chi connectivity index (χ1n) is 5.08. The number of hydrogen-bond donors (Lipinski definition) is 2. The largest absolute Gasteiger partial charge is 0.493 e. The van der Waals surface area contributed by atoms with Crippen LogP contribution < -0.4 is 20.7 Å². The van der Waals surface area contributed by atoms with E-state index in [0.29, 0.717) is 23.2 Å². The van der Waals surface area contributed by atoms with Crippen LogP contribution in [0.1, 0.15) is 0 Å². The number of aromatic nitrogens is 1. The minimum absolute atomic E-state index is 0.449. The molecule has 0 saturated carbocycles. The molecule has 2 aromatic rings. The summed E-state index contributed by atoms with van der Waals surface area (Å²) in [6.45, 7) is 0. The van der Waals surface area contributed by atoms with Crippen LogP contribution in [0, 0.1) is 0 Å². The maximum Gasteiger partial charge on any atom is 0.221 e. The number of benzene rings is 1. The molecule has 17 heavy (non-hydrogen) atoms. The summed E-state index contributed by atoms with van der Waals surface area (Å²) in [6, 6.07) is 12.7. The first-order chi connectivity index (χ1) is 8.33. The second-order valence-corrected chi connectivity index (χ2v) is 3.26. The van der Waals surface area contributed by atoms with Gasteiger partial charge in [-0.1, -0.05) is 18.2 Å². The van der Waals surface area contributed by atoms with Crippen molar-refractivity contribution in [1.29, 1.82) is 0 Å². The highest BCUT2D eigenvalue weighted by atomic mass is 16.5.